The lowest BCUT2D eigenvalue weighted by Gasteiger charge is -2.09. The van der Waals surface area contributed by atoms with Gasteiger partial charge in [0.15, 0.2) is 0 Å². The van der Waals surface area contributed by atoms with E-state index in [1.54, 1.807) is 42.5 Å². The highest BCUT2D eigenvalue weighted by atomic mass is 32.2. The first kappa shape index (κ1) is 20.9. The normalized spacial score (nSPS) is 10.6. The molecule has 0 aliphatic heterocycles. The second-order valence-electron chi connectivity index (χ2n) is 6.56. The van der Waals surface area contributed by atoms with Gasteiger partial charge in [0, 0.05) is 16.6 Å². The molecule has 0 atom stereocenters. The van der Waals surface area contributed by atoms with E-state index in [1.165, 1.54) is 23.1 Å². The Morgan fingerprint density at radius 2 is 1.90 bits per heavy atom. The molecule has 0 fully saturated rings. The van der Waals surface area contributed by atoms with Gasteiger partial charge in [-0.25, -0.2) is 4.79 Å². The number of anilines is 1. The van der Waals surface area contributed by atoms with Crippen molar-refractivity contribution < 1.29 is 18.8 Å². The van der Waals surface area contributed by atoms with E-state index >= 15 is 0 Å². The highest BCUT2D eigenvalue weighted by Crippen LogP contribution is 2.28. The number of carbonyl (C=O) groups excluding carboxylic acids is 2. The Balaban J connectivity index is 1.39. The molecule has 1 amide bonds. The van der Waals surface area contributed by atoms with E-state index in [-0.39, 0.29) is 5.91 Å². The van der Waals surface area contributed by atoms with E-state index in [0.717, 1.165) is 16.3 Å². The van der Waals surface area contributed by atoms with Gasteiger partial charge in [0.25, 0.3) is 5.91 Å². The quantitative estimate of drug-likeness (QED) is 0.217. The second-order valence-corrected chi connectivity index (χ2v) is 8.53. The molecule has 31 heavy (non-hydrogen) atoms. The van der Waals surface area contributed by atoms with Crippen LogP contribution in [-0.4, -0.2) is 17.0 Å². The molecular weight excluding hydrogens is 432 g/mol. The van der Waals surface area contributed by atoms with Crippen LogP contribution in [0.2, 0.25) is 0 Å². The Labute approximate surface area is 187 Å². The molecule has 1 N–H and O–H groups in total. The van der Waals surface area contributed by atoms with Gasteiger partial charge >= 0.3 is 5.97 Å². The van der Waals surface area contributed by atoms with Gasteiger partial charge in [-0.2, -0.15) is 0 Å². The van der Waals surface area contributed by atoms with Gasteiger partial charge < -0.3 is 14.6 Å². The number of thiophene rings is 1. The lowest BCUT2D eigenvalue weighted by Crippen LogP contribution is -2.11. The van der Waals surface area contributed by atoms with Gasteiger partial charge in [0.05, 0.1) is 21.9 Å². The van der Waals surface area contributed by atoms with Crippen LogP contribution in [0, 0.1) is 6.92 Å². The summed E-state index contributed by atoms with van der Waals surface area (Å²) in [4.78, 5) is 26.3. The molecule has 0 bridgehead atoms. The number of nitrogens with one attached hydrogen (secondary N) is 1. The molecule has 8 heteroatoms. The number of thioether (sulfide) groups is 1. The lowest BCUT2D eigenvalue weighted by molar-refractivity contribution is 0.0731. The number of esters is 1. The summed E-state index contributed by atoms with van der Waals surface area (Å²) in [6.45, 7) is 1.86. The molecule has 4 aromatic rings. The van der Waals surface area contributed by atoms with Crippen molar-refractivity contribution in [2.24, 2.45) is 0 Å². The number of benzene rings is 2. The predicted octanol–water partition coefficient (Wildman–Crippen LogP) is 5.81. The van der Waals surface area contributed by atoms with Gasteiger partial charge in [-0.1, -0.05) is 23.4 Å². The van der Waals surface area contributed by atoms with Gasteiger partial charge in [-0.15, -0.1) is 23.1 Å². The highest BCUT2D eigenvalue weighted by Gasteiger charge is 2.15. The van der Waals surface area contributed by atoms with E-state index in [1.807, 2.05) is 36.6 Å². The molecule has 6 nitrogen and oxygen atoms in total. The topological polar surface area (TPSA) is 81.4 Å². The fraction of sp³-hybridized carbons (Fsp3) is 0.0870. The Hall–Kier alpha value is -3.36. The predicted molar refractivity (Wildman–Crippen MR) is 121 cm³/mol. The van der Waals surface area contributed by atoms with E-state index in [0.29, 0.717) is 27.6 Å². The number of hydrogen-bond donors (Lipinski definition) is 1. The fourth-order valence-corrected chi connectivity index (χ4v) is 4.30. The standard InChI is InChI=1S/C23H18N2O4S2/c1-15-13-18(29-25-15)14-31-20-6-3-2-5-19(20)23(27)28-17-10-8-16(9-11-17)24-22(26)21-7-4-12-30-21/h2-13H,14H2,1H3,(H,24,26). The van der Waals surface area contributed by atoms with Crippen LogP contribution in [-0.2, 0) is 5.75 Å². The van der Waals surface area contributed by atoms with Crippen LogP contribution in [0.1, 0.15) is 31.5 Å². The molecule has 0 radical (unpaired) electrons. The molecule has 156 valence electrons. The van der Waals surface area contributed by atoms with Gasteiger partial charge in [0.1, 0.15) is 11.5 Å². The van der Waals surface area contributed by atoms with Crippen molar-refractivity contribution in [3.8, 4) is 5.75 Å². The molecule has 0 saturated carbocycles. The smallest absolute Gasteiger partial charge is 0.344 e. The molecule has 0 aliphatic carbocycles. The van der Waals surface area contributed by atoms with Crippen LogP contribution in [0.3, 0.4) is 0 Å². The fourth-order valence-electron chi connectivity index (χ4n) is 2.76. The minimum Gasteiger partial charge on any atom is -0.423 e. The number of hydrogen-bond acceptors (Lipinski definition) is 7. The third-order valence-corrected chi connectivity index (χ3v) is 6.19. The van der Waals surface area contributed by atoms with Crippen LogP contribution in [0.4, 0.5) is 5.69 Å². The number of amides is 1. The summed E-state index contributed by atoms with van der Waals surface area (Å²) in [6, 6.07) is 19.4. The van der Waals surface area contributed by atoms with Crippen molar-refractivity contribution in [3.05, 3.63) is 94.0 Å². The van der Waals surface area contributed by atoms with Crippen molar-refractivity contribution >= 4 is 40.7 Å². The van der Waals surface area contributed by atoms with Crippen LogP contribution in [0.15, 0.2) is 81.5 Å². The van der Waals surface area contributed by atoms with Crippen LogP contribution in [0.25, 0.3) is 0 Å². The first-order chi connectivity index (χ1) is 15.1. The third-order valence-electron chi connectivity index (χ3n) is 4.22. The van der Waals surface area contributed by atoms with E-state index in [4.69, 9.17) is 9.26 Å². The molecule has 0 aliphatic rings. The lowest BCUT2D eigenvalue weighted by atomic mass is 10.2. The summed E-state index contributed by atoms with van der Waals surface area (Å²) in [5.41, 5.74) is 1.91. The zero-order valence-corrected chi connectivity index (χ0v) is 18.2. The largest absolute Gasteiger partial charge is 0.423 e. The zero-order valence-electron chi connectivity index (χ0n) is 16.5. The minimum absolute atomic E-state index is 0.173. The third kappa shape index (κ3) is 5.42. The Kier molecular flexibility index (Phi) is 6.49. The summed E-state index contributed by atoms with van der Waals surface area (Å²) >= 11 is 2.85. The molecule has 0 unspecified atom stereocenters. The van der Waals surface area contributed by atoms with Crippen molar-refractivity contribution in [3.63, 3.8) is 0 Å². The molecule has 2 heterocycles. The van der Waals surface area contributed by atoms with Crippen molar-refractivity contribution in [2.75, 3.05) is 5.32 Å². The Bertz CT molecular complexity index is 1180. The summed E-state index contributed by atoms with van der Waals surface area (Å²) in [6.07, 6.45) is 0. The second kappa shape index (κ2) is 9.63. The maximum atomic E-state index is 12.7. The van der Waals surface area contributed by atoms with Crippen molar-refractivity contribution in [2.45, 2.75) is 17.6 Å². The monoisotopic (exact) mass is 450 g/mol. The summed E-state index contributed by atoms with van der Waals surface area (Å²) < 4.78 is 10.8. The maximum Gasteiger partial charge on any atom is 0.344 e. The van der Waals surface area contributed by atoms with Gasteiger partial charge in [0.2, 0.25) is 0 Å². The van der Waals surface area contributed by atoms with Gasteiger partial charge in [-0.05, 0) is 54.8 Å². The van der Waals surface area contributed by atoms with E-state index < -0.39 is 5.97 Å². The maximum absolute atomic E-state index is 12.7. The molecule has 0 saturated heterocycles. The number of nitrogens with zero attached hydrogens (tertiary/aromatic N) is 1. The van der Waals surface area contributed by atoms with Crippen LogP contribution in [0.5, 0.6) is 5.75 Å². The minimum atomic E-state index is -0.452. The molecule has 2 aromatic carbocycles. The average Bonchev–Trinajstić information content (AvgIpc) is 3.46. The molecule has 2 aromatic heterocycles. The summed E-state index contributed by atoms with van der Waals surface area (Å²) in [5.74, 6) is 1.07. The van der Waals surface area contributed by atoms with Crippen molar-refractivity contribution in [1.82, 2.24) is 5.16 Å². The van der Waals surface area contributed by atoms with E-state index in [2.05, 4.69) is 10.5 Å². The Morgan fingerprint density at radius 3 is 2.61 bits per heavy atom. The van der Waals surface area contributed by atoms with E-state index in [9.17, 15) is 9.59 Å². The summed E-state index contributed by atoms with van der Waals surface area (Å²) in [5, 5.41) is 8.54. The highest BCUT2D eigenvalue weighted by molar-refractivity contribution is 7.98. The number of ether oxygens (including phenoxy) is 1. The number of aryl methyl sites for hydroxylation is 1. The van der Waals surface area contributed by atoms with Gasteiger partial charge in [-0.3, -0.25) is 4.79 Å². The molecule has 0 spiro atoms. The number of rotatable bonds is 7. The number of aromatic nitrogens is 1. The summed E-state index contributed by atoms with van der Waals surface area (Å²) in [7, 11) is 0. The first-order valence-corrected chi connectivity index (χ1v) is 11.3. The van der Waals surface area contributed by atoms with Crippen LogP contribution < -0.4 is 10.1 Å². The average molecular weight is 451 g/mol. The first-order valence-electron chi connectivity index (χ1n) is 9.39. The SMILES string of the molecule is Cc1cc(CSc2ccccc2C(=O)Oc2ccc(NC(=O)c3cccs3)cc2)on1. The molecular formula is C23H18N2O4S2. The Morgan fingerprint density at radius 1 is 1.10 bits per heavy atom. The molecule has 4 rings (SSSR count). The van der Waals surface area contributed by atoms with Crippen molar-refractivity contribution in [1.29, 1.82) is 0 Å². The number of carbonyl (C=O) groups is 2. The zero-order chi connectivity index (χ0) is 21.6. The van der Waals surface area contributed by atoms with Crippen LogP contribution >= 0.6 is 23.1 Å².